The number of amides is 2. The Labute approximate surface area is 173 Å². The minimum Gasteiger partial charge on any atom is -0.372 e. The third-order valence-corrected chi connectivity index (χ3v) is 5.60. The molecule has 1 aliphatic heterocycles. The molecule has 28 heavy (non-hydrogen) atoms. The molecule has 3 atom stereocenters. The third-order valence-electron chi connectivity index (χ3n) is 4.91. The molecule has 2 aromatic rings. The summed E-state index contributed by atoms with van der Waals surface area (Å²) in [6.45, 7) is 4.79. The van der Waals surface area contributed by atoms with Gasteiger partial charge in [0.15, 0.2) is 0 Å². The molecule has 1 unspecified atom stereocenters. The van der Waals surface area contributed by atoms with Gasteiger partial charge in [0, 0.05) is 35.1 Å². The van der Waals surface area contributed by atoms with E-state index in [4.69, 9.17) is 28.0 Å². The van der Waals surface area contributed by atoms with Gasteiger partial charge < -0.3 is 16.4 Å². The fraction of sp³-hybridized carbons (Fsp3) is 0.300. The Morgan fingerprint density at radius 3 is 2.50 bits per heavy atom. The molecule has 1 aliphatic rings. The van der Waals surface area contributed by atoms with E-state index in [-0.39, 0.29) is 29.3 Å². The Hall–Kier alpha value is -2.15. The van der Waals surface area contributed by atoms with E-state index in [1.54, 1.807) is 18.2 Å². The van der Waals surface area contributed by atoms with Crippen LogP contribution in [0.3, 0.4) is 0 Å². The van der Waals surface area contributed by atoms with Gasteiger partial charge in [0.2, 0.25) is 12.8 Å². The minimum absolute atomic E-state index is 0.0972. The summed E-state index contributed by atoms with van der Waals surface area (Å²) >= 11 is 12.2. The number of benzene rings is 2. The summed E-state index contributed by atoms with van der Waals surface area (Å²) in [7, 11) is 0. The van der Waals surface area contributed by atoms with Gasteiger partial charge in [0.25, 0.3) is 0 Å². The molecule has 0 radical (unpaired) electrons. The fourth-order valence-corrected chi connectivity index (χ4v) is 3.99. The van der Waals surface area contributed by atoms with Crippen LogP contribution in [0.2, 0.25) is 10.0 Å². The van der Waals surface area contributed by atoms with Crippen molar-refractivity contribution in [3.8, 4) is 0 Å². The lowest BCUT2D eigenvalue weighted by Gasteiger charge is -2.26. The quantitative estimate of drug-likeness (QED) is 0.647. The molecule has 0 aromatic heterocycles. The Morgan fingerprint density at radius 1 is 1.21 bits per heavy atom. The van der Waals surface area contributed by atoms with E-state index in [1.165, 1.54) is 6.07 Å². The summed E-state index contributed by atoms with van der Waals surface area (Å²) in [5, 5.41) is 6.95. The van der Waals surface area contributed by atoms with Crippen molar-refractivity contribution in [1.82, 2.24) is 5.32 Å². The van der Waals surface area contributed by atoms with Gasteiger partial charge in [-0.05, 0) is 48.7 Å². The number of nitrogens with one attached hydrogen (secondary N) is 2. The van der Waals surface area contributed by atoms with Crippen LogP contribution in [0.25, 0.3) is 0 Å². The zero-order valence-corrected chi connectivity index (χ0v) is 17.0. The van der Waals surface area contributed by atoms with Gasteiger partial charge in [0.1, 0.15) is 5.82 Å². The number of aryl methyl sites for hydroxylation is 1. The SMILES string of the molecule is Cc1cc(C2[C@@H](c3ccc(F)c(Cl)c3)CN[C@@H]2C)c(NC=O)cc1Cl.NC=O. The molecule has 8 heteroatoms. The molecule has 0 aliphatic carbocycles. The van der Waals surface area contributed by atoms with E-state index >= 15 is 0 Å². The number of hydrogen-bond acceptors (Lipinski definition) is 3. The van der Waals surface area contributed by atoms with Crippen molar-refractivity contribution < 1.29 is 14.0 Å². The first-order chi connectivity index (χ1) is 13.3. The summed E-state index contributed by atoms with van der Waals surface area (Å²) < 4.78 is 13.5. The van der Waals surface area contributed by atoms with Crippen LogP contribution in [-0.4, -0.2) is 25.4 Å². The number of carbonyl (C=O) groups excluding carboxylic acids is 2. The lowest BCUT2D eigenvalue weighted by molar-refractivity contribution is -0.107. The van der Waals surface area contributed by atoms with E-state index in [2.05, 4.69) is 23.3 Å². The number of anilines is 1. The standard InChI is InChI=1S/C19H19Cl2FN2O.CH3NO/c1-10-5-13(18(24-9-25)7-15(10)20)19-11(2)23-8-14(19)12-3-4-17(22)16(21)6-12;2-1-3/h3-7,9,11,14,19,23H,8H2,1-2H3,(H,24,25);1H,(H2,2,3)/t11-,14-,19?;/m1./s1. The zero-order chi connectivity index (χ0) is 20.8. The lowest BCUT2D eigenvalue weighted by atomic mass is 9.79. The van der Waals surface area contributed by atoms with Crippen molar-refractivity contribution in [2.75, 3.05) is 11.9 Å². The number of nitrogens with two attached hydrogens (primary N) is 1. The molecule has 4 N–H and O–H groups in total. The summed E-state index contributed by atoms with van der Waals surface area (Å²) in [4.78, 5) is 19.6. The van der Waals surface area contributed by atoms with Gasteiger partial charge in [-0.3, -0.25) is 9.59 Å². The van der Waals surface area contributed by atoms with Gasteiger partial charge in [0.05, 0.1) is 5.02 Å². The highest BCUT2D eigenvalue weighted by Crippen LogP contribution is 2.44. The first kappa shape index (κ1) is 22.1. The van der Waals surface area contributed by atoms with Gasteiger partial charge in [-0.15, -0.1) is 0 Å². The molecule has 2 aromatic carbocycles. The number of carbonyl (C=O) groups is 2. The predicted octanol–water partition coefficient (Wildman–Crippen LogP) is 3.97. The van der Waals surface area contributed by atoms with Crippen molar-refractivity contribution in [1.29, 1.82) is 0 Å². The number of rotatable bonds is 4. The van der Waals surface area contributed by atoms with E-state index in [9.17, 15) is 9.18 Å². The average molecular weight is 426 g/mol. The first-order valence-electron chi connectivity index (χ1n) is 8.67. The summed E-state index contributed by atoms with van der Waals surface area (Å²) in [6.07, 6.45) is 0.904. The van der Waals surface area contributed by atoms with Gasteiger partial charge >= 0.3 is 0 Å². The van der Waals surface area contributed by atoms with Crippen molar-refractivity contribution >= 4 is 41.7 Å². The molecule has 0 spiro atoms. The molecule has 1 fully saturated rings. The summed E-state index contributed by atoms with van der Waals surface area (Å²) in [5.41, 5.74) is 7.79. The van der Waals surface area contributed by atoms with Crippen LogP contribution in [0.4, 0.5) is 10.1 Å². The second-order valence-corrected chi connectivity index (χ2v) is 7.40. The molecule has 1 saturated heterocycles. The Bertz CT molecular complexity index is 864. The van der Waals surface area contributed by atoms with Gasteiger partial charge in [-0.2, -0.15) is 0 Å². The maximum atomic E-state index is 13.5. The summed E-state index contributed by atoms with van der Waals surface area (Å²) in [6, 6.07) is 8.83. The maximum Gasteiger partial charge on any atom is 0.211 e. The topological polar surface area (TPSA) is 84.2 Å². The largest absolute Gasteiger partial charge is 0.372 e. The first-order valence-corrected chi connectivity index (χ1v) is 9.43. The fourth-order valence-electron chi connectivity index (χ4n) is 3.64. The highest BCUT2D eigenvalue weighted by molar-refractivity contribution is 6.31. The number of halogens is 3. The minimum atomic E-state index is -0.424. The monoisotopic (exact) mass is 425 g/mol. The molecule has 3 rings (SSSR count). The van der Waals surface area contributed by atoms with Crippen LogP contribution in [0, 0.1) is 12.7 Å². The van der Waals surface area contributed by atoms with Crippen LogP contribution in [0.5, 0.6) is 0 Å². The molecular formula is C20H22Cl2FN3O2. The van der Waals surface area contributed by atoms with E-state index < -0.39 is 5.82 Å². The second-order valence-electron chi connectivity index (χ2n) is 6.59. The van der Waals surface area contributed by atoms with Crippen molar-refractivity contribution in [2.24, 2.45) is 5.73 Å². The lowest BCUT2D eigenvalue weighted by Crippen LogP contribution is -2.22. The van der Waals surface area contributed by atoms with Gasteiger partial charge in [-0.1, -0.05) is 35.3 Å². The Morgan fingerprint density at radius 2 is 1.89 bits per heavy atom. The smallest absolute Gasteiger partial charge is 0.211 e. The normalized spacial score (nSPS) is 20.8. The molecule has 150 valence electrons. The number of hydrogen-bond donors (Lipinski definition) is 3. The Kier molecular flexibility index (Phi) is 7.80. The average Bonchev–Trinajstić information content (AvgIpc) is 3.02. The zero-order valence-electron chi connectivity index (χ0n) is 15.5. The second kappa shape index (κ2) is 9.87. The van der Waals surface area contributed by atoms with Crippen LogP contribution >= 0.6 is 23.2 Å². The van der Waals surface area contributed by atoms with Crippen LogP contribution in [0.15, 0.2) is 30.3 Å². The van der Waals surface area contributed by atoms with Crippen molar-refractivity contribution in [3.63, 3.8) is 0 Å². The third kappa shape index (κ3) is 4.82. The molecule has 0 saturated carbocycles. The molecule has 5 nitrogen and oxygen atoms in total. The van der Waals surface area contributed by atoms with Crippen LogP contribution < -0.4 is 16.4 Å². The van der Waals surface area contributed by atoms with E-state index in [1.807, 2.05) is 13.0 Å². The molecule has 1 heterocycles. The highest BCUT2D eigenvalue weighted by Gasteiger charge is 2.37. The predicted molar refractivity (Wildman–Crippen MR) is 110 cm³/mol. The molecule has 0 bridgehead atoms. The van der Waals surface area contributed by atoms with Crippen molar-refractivity contribution in [2.45, 2.75) is 31.7 Å². The van der Waals surface area contributed by atoms with E-state index in [0.29, 0.717) is 17.1 Å². The summed E-state index contributed by atoms with van der Waals surface area (Å²) in [5.74, 6) is -0.215. The van der Waals surface area contributed by atoms with Crippen LogP contribution in [0.1, 0.15) is 35.4 Å². The highest BCUT2D eigenvalue weighted by atomic mass is 35.5. The van der Waals surface area contributed by atoms with E-state index in [0.717, 1.165) is 23.2 Å². The maximum absolute atomic E-state index is 13.5. The van der Waals surface area contributed by atoms with Crippen LogP contribution in [-0.2, 0) is 9.59 Å². The molecular weight excluding hydrogens is 404 g/mol. The molecule has 2 amide bonds. The van der Waals surface area contributed by atoms with Gasteiger partial charge in [-0.25, -0.2) is 4.39 Å². The van der Waals surface area contributed by atoms with Crippen molar-refractivity contribution in [3.05, 3.63) is 62.9 Å². The Balaban J connectivity index is 0.000000878. The number of primary amides is 1.